The molecule has 1 aliphatic heterocycles. The Morgan fingerprint density at radius 2 is 1.76 bits per heavy atom. The third kappa shape index (κ3) is 5.57. The summed E-state index contributed by atoms with van der Waals surface area (Å²) in [6.07, 6.45) is 0.0620. The first-order valence-electron chi connectivity index (χ1n) is 11.0. The number of anilines is 1. The largest absolute Gasteiger partial charge is 0.495 e. The molecule has 0 atom stereocenters. The van der Waals surface area contributed by atoms with Crippen LogP contribution in [0.3, 0.4) is 0 Å². The lowest BCUT2D eigenvalue weighted by Gasteiger charge is -2.36. The Balaban J connectivity index is 1.36. The van der Waals surface area contributed by atoms with Crippen molar-refractivity contribution < 1.29 is 9.53 Å². The molecular weight excluding hydrogens is 436 g/mol. The summed E-state index contributed by atoms with van der Waals surface area (Å²) in [5, 5.41) is 0.572. The summed E-state index contributed by atoms with van der Waals surface area (Å²) < 4.78 is 5.46. The topological polar surface area (TPSA) is 78.5 Å². The highest BCUT2D eigenvalue weighted by Gasteiger charge is 2.24. The molecule has 0 aliphatic carbocycles. The van der Waals surface area contributed by atoms with Crippen molar-refractivity contribution in [3.8, 4) is 5.75 Å². The van der Waals surface area contributed by atoms with E-state index < -0.39 is 0 Å². The monoisotopic (exact) mass is 464 g/mol. The zero-order chi connectivity index (χ0) is 23.2. The number of amides is 1. The minimum absolute atomic E-state index is 0.0465. The highest BCUT2D eigenvalue weighted by Crippen LogP contribution is 2.28. The normalized spacial score (nSPS) is 13.8. The van der Waals surface area contributed by atoms with Crippen molar-refractivity contribution in [1.82, 2.24) is 14.9 Å². The van der Waals surface area contributed by atoms with Crippen molar-refractivity contribution in [2.75, 3.05) is 38.2 Å². The van der Waals surface area contributed by atoms with Crippen molar-refractivity contribution in [2.24, 2.45) is 0 Å². The van der Waals surface area contributed by atoms with Crippen LogP contribution in [-0.2, 0) is 17.0 Å². The smallest absolute Gasteiger partial charge is 0.255 e. The molecule has 4 rings (SSSR count). The van der Waals surface area contributed by atoms with Gasteiger partial charge in [0.1, 0.15) is 5.75 Å². The van der Waals surface area contributed by atoms with Gasteiger partial charge in [0.25, 0.3) is 5.56 Å². The summed E-state index contributed by atoms with van der Waals surface area (Å²) in [4.78, 5) is 37.0. The first kappa shape index (κ1) is 22.9. The number of nitrogens with one attached hydrogen (secondary N) is 1. The van der Waals surface area contributed by atoms with Crippen LogP contribution >= 0.6 is 11.8 Å². The fourth-order valence-corrected chi connectivity index (χ4v) is 4.80. The standard InChI is InChI=1S/C25H28N4O3S/c1-18-20(24(31)27-25(26-18)33-17-19-8-4-3-5-9-19)16-23(30)29-14-12-28(13-15-29)21-10-6-7-11-22(21)32-2/h3-11H,12-17H2,1-2H3,(H,26,27,31). The molecule has 33 heavy (non-hydrogen) atoms. The maximum Gasteiger partial charge on any atom is 0.255 e. The highest BCUT2D eigenvalue weighted by atomic mass is 32.2. The number of aryl methyl sites for hydroxylation is 1. The van der Waals surface area contributed by atoms with Crippen LogP contribution in [0.25, 0.3) is 0 Å². The number of H-pyrrole nitrogens is 1. The van der Waals surface area contributed by atoms with Gasteiger partial charge >= 0.3 is 0 Å². The predicted octanol–water partition coefficient (Wildman–Crippen LogP) is 3.27. The molecule has 1 aromatic heterocycles. The number of ether oxygens (including phenoxy) is 1. The van der Waals surface area contributed by atoms with Crippen LogP contribution in [0.5, 0.6) is 5.75 Å². The molecule has 0 saturated carbocycles. The lowest BCUT2D eigenvalue weighted by atomic mass is 10.1. The van der Waals surface area contributed by atoms with Crippen LogP contribution in [0.2, 0.25) is 0 Å². The molecule has 3 aromatic rings. The van der Waals surface area contributed by atoms with Gasteiger partial charge in [-0.1, -0.05) is 54.2 Å². The van der Waals surface area contributed by atoms with Gasteiger partial charge in [-0.25, -0.2) is 4.98 Å². The molecule has 172 valence electrons. The second kappa shape index (κ2) is 10.6. The van der Waals surface area contributed by atoms with Crippen LogP contribution in [0.1, 0.15) is 16.8 Å². The van der Waals surface area contributed by atoms with Crippen molar-refractivity contribution in [1.29, 1.82) is 0 Å². The van der Waals surface area contributed by atoms with Crippen LogP contribution < -0.4 is 15.2 Å². The average molecular weight is 465 g/mol. The number of methoxy groups -OCH3 is 1. The maximum atomic E-state index is 12.9. The summed E-state index contributed by atoms with van der Waals surface area (Å²) >= 11 is 1.48. The summed E-state index contributed by atoms with van der Waals surface area (Å²) in [6.45, 7) is 4.44. The first-order chi connectivity index (χ1) is 16.0. The van der Waals surface area contributed by atoms with Gasteiger partial charge in [-0.2, -0.15) is 0 Å². The molecule has 0 bridgehead atoms. The van der Waals surface area contributed by atoms with Crippen molar-refractivity contribution in [3.63, 3.8) is 0 Å². The summed E-state index contributed by atoms with van der Waals surface area (Å²) in [6, 6.07) is 17.9. The number of carbonyl (C=O) groups excluding carboxylic acids is 1. The average Bonchev–Trinajstić information content (AvgIpc) is 2.85. The van der Waals surface area contributed by atoms with Gasteiger partial charge in [0.05, 0.1) is 19.2 Å². The third-order valence-corrected chi connectivity index (χ3v) is 6.75. The Hall–Kier alpha value is -3.26. The molecule has 2 aromatic carbocycles. The van der Waals surface area contributed by atoms with E-state index >= 15 is 0 Å². The first-order valence-corrected chi connectivity index (χ1v) is 12.0. The SMILES string of the molecule is COc1ccccc1N1CCN(C(=O)Cc2c(C)nc(SCc3ccccc3)[nH]c2=O)CC1. The molecule has 1 aliphatic rings. The number of piperazine rings is 1. The van der Waals surface area contributed by atoms with Gasteiger partial charge in [-0.15, -0.1) is 0 Å². The fourth-order valence-electron chi connectivity index (χ4n) is 3.94. The van der Waals surface area contributed by atoms with E-state index in [-0.39, 0.29) is 17.9 Å². The minimum Gasteiger partial charge on any atom is -0.495 e. The number of rotatable bonds is 7. The van der Waals surface area contributed by atoms with Crippen molar-refractivity contribution in [2.45, 2.75) is 24.3 Å². The summed E-state index contributed by atoms with van der Waals surface area (Å²) in [5.74, 6) is 1.50. The Morgan fingerprint density at radius 3 is 2.45 bits per heavy atom. The Morgan fingerprint density at radius 1 is 1.06 bits per heavy atom. The predicted molar refractivity (Wildman–Crippen MR) is 131 cm³/mol. The van der Waals surface area contributed by atoms with Gasteiger partial charge in [0, 0.05) is 43.2 Å². The highest BCUT2D eigenvalue weighted by molar-refractivity contribution is 7.98. The number of aromatic nitrogens is 2. The molecule has 1 saturated heterocycles. The Labute approximate surface area is 197 Å². The van der Waals surface area contributed by atoms with Crippen LogP contribution in [0, 0.1) is 6.92 Å². The third-order valence-electron chi connectivity index (χ3n) is 5.81. The molecule has 1 amide bonds. The maximum absolute atomic E-state index is 12.9. The van der Waals surface area contributed by atoms with E-state index in [4.69, 9.17) is 4.74 Å². The van der Waals surface area contributed by atoms with E-state index in [0.29, 0.717) is 29.5 Å². The van der Waals surface area contributed by atoms with Gasteiger partial charge < -0.3 is 19.5 Å². The number of hydrogen-bond donors (Lipinski definition) is 1. The molecule has 8 heteroatoms. The van der Waals surface area contributed by atoms with E-state index in [2.05, 4.69) is 14.9 Å². The van der Waals surface area contributed by atoms with Gasteiger partial charge in [-0.3, -0.25) is 9.59 Å². The number of nitrogens with zero attached hydrogens (tertiary/aromatic N) is 3. The van der Waals surface area contributed by atoms with Crippen LogP contribution in [0.4, 0.5) is 5.69 Å². The molecule has 0 radical (unpaired) electrons. The molecule has 1 N–H and O–H groups in total. The number of benzene rings is 2. The zero-order valence-corrected chi connectivity index (χ0v) is 19.7. The Bertz CT molecular complexity index is 1160. The minimum atomic E-state index is -0.237. The quantitative estimate of drug-likeness (QED) is 0.427. The van der Waals surface area contributed by atoms with Crippen LogP contribution in [-0.4, -0.2) is 54.1 Å². The second-order valence-corrected chi connectivity index (χ2v) is 8.89. The van der Waals surface area contributed by atoms with E-state index in [9.17, 15) is 9.59 Å². The van der Waals surface area contributed by atoms with Crippen molar-refractivity contribution >= 4 is 23.4 Å². The summed E-state index contributed by atoms with van der Waals surface area (Å²) in [5.41, 5.74) is 3.01. The van der Waals surface area contributed by atoms with E-state index in [1.807, 2.05) is 59.5 Å². The van der Waals surface area contributed by atoms with E-state index in [1.54, 1.807) is 14.0 Å². The van der Waals surface area contributed by atoms with E-state index in [1.165, 1.54) is 11.8 Å². The van der Waals surface area contributed by atoms with Crippen molar-refractivity contribution in [3.05, 3.63) is 81.8 Å². The number of carbonyl (C=O) groups is 1. The molecule has 2 heterocycles. The second-order valence-electron chi connectivity index (χ2n) is 7.93. The number of para-hydroxylation sites is 2. The number of hydrogen-bond acceptors (Lipinski definition) is 6. The number of aromatic amines is 1. The molecule has 0 spiro atoms. The molecular formula is C25H28N4O3S. The molecule has 7 nitrogen and oxygen atoms in total. The van der Waals surface area contributed by atoms with Gasteiger partial charge in [-0.05, 0) is 24.6 Å². The zero-order valence-electron chi connectivity index (χ0n) is 18.9. The lowest BCUT2D eigenvalue weighted by molar-refractivity contribution is -0.130. The van der Waals surface area contributed by atoms with Gasteiger partial charge in [0.15, 0.2) is 5.16 Å². The van der Waals surface area contributed by atoms with E-state index in [0.717, 1.165) is 35.8 Å². The summed E-state index contributed by atoms with van der Waals surface area (Å²) in [7, 11) is 1.66. The lowest BCUT2D eigenvalue weighted by Crippen LogP contribution is -2.49. The van der Waals surface area contributed by atoms with Crippen LogP contribution in [0.15, 0.2) is 64.5 Å². The van der Waals surface area contributed by atoms with Gasteiger partial charge in [0.2, 0.25) is 5.91 Å². The molecule has 0 unspecified atom stereocenters. The Kier molecular flexibility index (Phi) is 7.34. The number of thioether (sulfide) groups is 1. The fraction of sp³-hybridized carbons (Fsp3) is 0.320. The molecule has 1 fully saturated rings.